The summed E-state index contributed by atoms with van der Waals surface area (Å²) in [6.45, 7) is 6.03. The number of nitrogens with one attached hydrogen (secondary N) is 1. The molecule has 0 unspecified atom stereocenters. The summed E-state index contributed by atoms with van der Waals surface area (Å²) in [6, 6.07) is 13.1. The third-order valence-corrected chi connectivity index (χ3v) is 5.72. The van der Waals surface area contributed by atoms with E-state index in [1.54, 1.807) is 68.0 Å². The van der Waals surface area contributed by atoms with Gasteiger partial charge in [0.05, 0.1) is 17.3 Å². The van der Waals surface area contributed by atoms with Gasteiger partial charge in [0, 0.05) is 24.8 Å². The monoisotopic (exact) mass is 550 g/mol. The van der Waals surface area contributed by atoms with Crippen molar-refractivity contribution >= 4 is 23.9 Å². The van der Waals surface area contributed by atoms with Gasteiger partial charge in [-0.25, -0.2) is 14.4 Å². The third kappa shape index (κ3) is 7.03. The maximum Gasteiger partial charge on any atom is 0.407 e. The van der Waals surface area contributed by atoms with E-state index in [9.17, 15) is 24.3 Å². The number of carbonyl (C=O) groups excluding carboxylic acids is 3. The molecule has 1 aliphatic heterocycles. The maximum absolute atomic E-state index is 12.5. The molecule has 1 atom stereocenters. The van der Waals surface area contributed by atoms with Crippen LogP contribution in [-0.2, 0) is 20.9 Å². The number of aryl methyl sites for hydroxylation is 1. The van der Waals surface area contributed by atoms with E-state index in [4.69, 9.17) is 14.3 Å². The number of hydrogen-bond donors (Lipinski definition) is 2. The van der Waals surface area contributed by atoms with Crippen molar-refractivity contribution in [3.8, 4) is 16.9 Å². The van der Waals surface area contributed by atoms with Crippen molar-refractivity contribution in [1.82, 2.24) is 20.2 Å². The Hall–Kier alpha value is -4.71. The lowest BCUT2D eigenvalue weighted by Gasteiger charge is -2.19. The molecular formula is C28H30N4O8. The molecule has 0 saturated carbocycles. The van der Waals surface area contributed by atoms with E-state index >= 15 is 0 Å². The second kappa shape index (κ2) is 12.0. The number of rotatable bonds is 11. The van der Waals surface area contributed by atoms with Crippen molar-refractivity contribution in [2.24, 2.45) is 0 Å². The van der Waals surface area contributed by atoms with Gasteiger partial charge in [-0.05, 0) is 57.0 Å². The van der Waals surface area contributed by atoms with Gasteiger partial charge in [-0.3, -0.25) is 14.3 Å². The molecule has 1 aromatic heterocycles. The molecule has 210 valence electrons. The topological polar surface area (TPSA) is 149 Å². The van der Waals surface area contributed by atoms with Crippen LogP contribution in [-0.4, -0.2) is 68.7 Å². The van der Waals surface area contributed by atoms with Crippen molar-refractivity contribution in [2.45, 2.75) is 45.4 Å². The number of aliphatic carboxylic acids is 1. The van der Waals surface area contributed by atoms with E-state index in [2.05, 4.69) is 10.4 Å². The minimum Gasteiger partial charge on any atom is -0.490 e. The van der Waals surface area contributed by atoms with E-state index in [0.29, 0.717) is 30.3 Å². The first-order valence-electron chi connectivity index (χ1n) is 12.6. The molecule has 12 heteroatoms. The first-order chi connectivity index (χ1) is 19.0. The molecule has 2 N–H and O–H groups in total. The van der Waals surface area contributed by atoms with E-state index in [1.807, 2.05) is 6.20 Å². The molecule has 12 nitrogen and oxygen atoms in total. The fourth-order valence-corrected chi connectivity index (χ4v) is 3.83. The van der Waals surface area contributed by atoms with Crippen LogP contribution in [0.3, 0.4) is 0 Å². The molecule has 0 radical (unpaired) electrons. The molecule has 2 aromatic carbocycles. The standard InChI is InChI=1S/C28H30N4O8/c1-28(2,3)39-27(37)29-13-6-14-31-16-19(15-30-31)18-9-11-20(12-10-18)38-17-23(26(35)36)40-32-24(33)21-7-4-5-8-22(21)25(32)34/h4-5,7-12,15-16,23H,6,13-14,17H2,1-3H3,(H,29,37)(H,35,36)/t23-/m0/s1. The van der Waals surface area contributed by atoms with E-state index in [1.165, 1.54) is 12.1 Å². The summed E-state index contributed by atoms with van der Waals surface area (Å²) in [5.41, 5.74) is 1.48. The summed E-state index contributed by atoms with van der Waals surface area (Å²) < 4.78 is 12.6. The number of carboxylic acid groups (broad SMARTS) is 1. The first kappa shape index (κ1) is 28.3. The van der Waals surface area contributed by atoms with Crippen LogP contribution >= 0.6 is 0 Å². The molecule has 0 bridgehead atoms. The third-order valence-electron chi connectivity index (χ3n) is 5.72. The molecule has 0 fully saturated rings. The number of imide groups is 1. The Morgan fingerprint density at radius 3 is 2.25 bits per heavy atom. The Balaban J connectivity index is 1.27. The van der Waals surface area contributed by atoms with Crippen molar-refractivity contribution in [2.75, 3.05) is 13.2 Å². The zero-order valence-electron chi connectivity index (χ0n) is 22.3. The van der Waals surface area contributed by atoms with E-state index in [-0.39, 0.29) is 11.1 Å². The lowest BCUT2D eigenvalue weighted by atomic mass is 10.1. The predicted molar refractivity (Wildman–Crippen MR) is 141 cm³/mol. The zero-order valence-corrected chi connectivity index (χ0v) is 22.3. The number of nitrogens with zero attached hydrogens (tertiary/aromatic N) is 3. The van der Waals surface area contributed by atoms with E-state index in [0.717, 1.165) is 11.1 Å². The second-order valence-electron chi connectivity index (χ2n) is 9.99. The summed E-state index contributed by atoms with van der Waals surface area (Å²) in [5.74, 6) is -2.46. The molecule has 4 rings (SSSR count). The van der Waals surface area contributed by atoms with Crippen LogP contribution in [0.4, 0.5) is 4.79 Å². The van der Waals surface area contributed by atoms with Crippen LogP contribution in [0.1, 0.15) is 47.9 Å². The minimum atomic E-state index is -1.59. The average Bonchev–Trinajstić information content (AvgIpc) is 3.47. The Kier molecular flexibility index (Phi) is 8.49. The molecular weight excluding hydrogens is 520 g/mol. The van der Waals surface area contributed by atoms with Gasteiger partial charge in [0.2, 0.25) is 6.10 Å². The van der Waals surface area contributed by atoms with Gasteiger partial charge >= 0.3 is 12.1 Å². The highest BCUT2D eigenvalue weighted by atomic mass is 16.7. The Morgan fingerprint density at radius 2 is 1.65 bits per heavy atom. The van der Waals surface area contributed by atoms with Gasteiger partial charge in [-0.2, -0.15) is 5.10 Å². The zero-order chi connectivity index (χ0) is 28.9. The highest BCUT2D eigenvalue weighted by Crippen LogP contribution is 2.25. The molecule has 0 aliphatic carbocycles. The number of hydrogen-bond acceptors (Lipinski definition) is 8. The normalized spacial score (nSPS) is 13.6. The Bertz CT molecular complexity index is 1360. The number of amides is 3. The average molecular weight is 551 g/mol. The minimum absolute atomic E-state index is 0.147. The van der Waals surface area contributed by atoms with Crippen molar-refractivity contribution < 1.29 is 38.6 Å². The fourth-order valence-electron chi connectivity index (χ4n) is 3.83. The SMILES string of the molecule is CC(C)(C)OC(=O)NCCCn1cc(-c2ccc(OC[C@H](ON3C(=O)c4ccccc4C3=O)C(=O)O)cc2)cn1. The number of ether oxygens (including phenoxy) is 2. The van der Waals surface area contributed by atoms with Crippen LogP contribution in [0.15, 0.2) is 60.9 Å². The molecule has 3 aromatic rings. The largest absolute Gasteiger partial charge is 0.490 e. The number of fused-ring (bicyclic) bond motifs is 1. The van der Waals surface area contributed by atoms with Crippen LogP contribution in [0, 0.1) is 0 Å². The molecule has 3 amide bonds. The molecule has 0 spiro atoms. The van der Waals surface area contributed by atoms with Crippen LogP contribution in [0.5, 0.6) is 5.75 Å². The number of carbonyl (C=O) groups is 4. The van der Waals surface area contributed by atoms with Gasteiger partial charge < -0.3 is 19.9 Å². The fraction of sp³-hybridized carbons (Fsp3) is 0.321. The van der Waals surface area contributed by atoms with Crippen molar-refractivity contribution in [3.63, 3.8) is 0 Å². The smallest absolute Gasteiger partial charge is 0.407 e. The number of benzene rings is 2. The first-order valence-corrected chi connectivity index (χ1v) is 12.6. The summed E-state index contributed by atoms with van der Waals surface area (Å²) >= 11 is 0. The predicted octanol–water partition coefficient (Wildman–Crippen LogP) is 3.52. The molecule has 0 saturated heterocycles. The number of alkyl carbamates (subject to hydrolysis) is 1. The van der Waals surface area contributed by atoms with Crippen LogP contribution in [0.25, 0.3) is 11.1 Å². The maximum atomic E-state index is 12.5. The van der Waals surface area contributed by atoms with Crippen LogP contribution < -0.4 is 10.1 Å². The molecule has 1 aliphatic rings. The van der Waals surface area contributed by atoms with Gasteiger partial charge in [0.1, 0.15) is 18.0 Å². The number of carboxylic acids is 1. The summed E-state index contributed by atoms with van der Waals surface area (Å²) in [4.78, 5) is 53.6. The lowest BCUT2D eigenvalue weighted by Crippen LogP contribution is -2.41. The Morgan fingerprint density at radius 1 is 1.00 bits per heavy atom. The number of aromatic nitrogens is 2. The van der Waals surface area contributed by atoms with Crippen molar-refractivity contribution in [1.29, 1.82) is 0 Å². The van der Waals surface area contributed by atoms with Gasteiger partial charge in [0.15, 0.2) is 0 Å². The Labute approximate surface area is 230 Å². The number of hydroxylamine groups is 2. The summed E-state index contributed by atoms with van der Waals surface area (Å²) in [5, 5.41) is 17.1. The van der Waals surface area contributed by atoms with Gasteiger partial charge in [-0.1, -0.05) is 24.3 Å². The highest BCUT2D eigenvalue weighted by molar-refractivity contribution is 6.20. The van der Waals surface area contributed by atoms with Gasteiger partial charge in [-0.15, -0.1) is 5.06 Å². The lowest BCUT2D eigenvalue weighted by molar-refractivity contribution is -0.178. The quantitative estimate of drug-likeness (QED) is 0.270. The molecule has 40 heavy (non-hydrogen) atoms. The van der Waals surface area contributed by atoms with Gasteiger partial charge in [0.25, 0.3) is 11.8 Å². The molecule has 2 heterocycles. The summed E-state index contributed by atoms with van der Waals surface area (Å²) in [6.07, 6.45) is 2.21. The summed E-state index contributed by atoms with van der Waals surface area (Å²) in [7, 11) is 0. The second-order valence-corrected chi connectivity index (χ2v) is 9.99. The van der Waals surface area contributed by atoms with E-state index < -0.39 is 42.2 Å². The highest BCUT2D eigenvalue weighted by Gasteiger charge is 2.39. The van der Waals surface area contributed by atoms with Crippen molar-refractivity contribution in [3.05, 3.63) is 72.1 Å². The van der Waals surface area contributed by atoms with Crippen LogP contribution in [0.2, 0.25) is 0 Å².